The summed E-state index contributed by atoms with van der Waals surface area (Å²) in [6, 6.07) is 24.5. The van der Waals surface area contributed by atoms with Crippen LogP contribution in [0.2, 0.25) is 0 Å². The standard InChI is InChI=1S/C48H53NO13/c1-26-33(60-43(55)27(2)37(30-17-11-8-12-18-30)49-42(54)31-19-13-9-14-20-31)24-48(57)41(61-44(56)32-21-15-10-16-22-32)39-46(7,34(52)23-35-47(39,25-58-35)62-29(4)51)40(53)38(59-28(3)50)36(26)45(48,5)6/h8-22,27,33-35,37-39,41,52,57H,23-25H2,1-7H3,(H,49,54)/t27-,33-,34-,35+,37-,38+,39?,41+,46+,47?,48+/m0/s1. The second kappa shape index (κ2) is 16.5. The van der Waals surface area contributed by atoms with Crippen molar-refractivity contribution in [3.63, 3.8) is 0 Å². The van der Waals surface area contributed by atoms with Crippen molar-refractivity contribution < 1.29 is 62.7 Å². The zero-order valence-electron chi connectivity index (χ0n) is 35.8. The number of hydrogen-bond donors (Lipinski definition) is 3. The molecule has 2 bridgehead atoms. The third-order valence-corrected chi connectivity index (χ3v) is 13.8. The highest BCUT2D eigenvalue weighted by molar-refractivity contribution is 5.96. The second-order valence-electron chi connectivity index (χ2n) is 17.7. The highest BCUT2D eigenvalue weighted by atomic mass is 16.6. The average Bonchev–Trinajstić information content (AvgIpc) is 3.24. The van der Waals surface area contributed by atoms with Crippen LogP contribution in [0, 0.1) is 22.7 Å². The molecule has 3 aliphatic carbocycles. The minimum absolute atomic E-state index is 0.0787. The van der Waals surface area contributed by atoms with Gasteiger partial charge in [0.05, 0.1) is 41.6 Å². The Morgan fingerprint density at radius 3 is 1.95 bits per heavy atom. The molecule has 7 rings (SSSR count). The first kappa shape index (κ1) is 44.4. The van der Waals surface area contributed by atoms with Gasteiger partial charge in [-0.05, 0) is 61.7 Å². The molecule has 14 nitrogen and oxygen atoms in total. The number of hydrogen-bond acceptors (Lipinski definition) is 13. The lowest BCUT2D eigenvalue weighted by atomic mass is 9.44. The average molecular weight is 852 g/mol. The summed E-state index contributed by atoms with van der Waals surface area (Å²) in [5, 5.41) is 28.8. The molecule has 3 N–H and O–H groups in total. The van der Waals surface area contributed by atoms with Crippen LogP contribution >= 0.6 is 0 Å². The number of rotatable bonds is 10. The van der Waals surface area contributed by atoms with Gasteiger partial charge in [0.15, 0.2) is 17.5 Å². The van der Waals surface area contributed by atoms with E-state index in [-0.39, 0.29) is 29.7 Å². The second-order valence-corrected chi connectivity index (χ2v) is 17.7. The molecule has 3 aromatic carbocycles. The maximum Gasteiger partial charge on any atom is 0.338 e. The van der Waals surface area contributed by atoms with Crippen molar-refractivity contribution in [3.05, 3.63) is 119 Å². The number of aliphatic hydroxyl groups excluding tert-OH is 1. The molecule has 0 radical (unpaired) electrons. The van der Waals surface area contributed by atoms with E-state index in [0.717, 1.165) is 6.92 Å². The van der Waals surface area contributed by atoms with Crippen molar-refractivity contribution in [2.75, 3.05) is 6.61 Å². The van der Waals surface area contributed by atoms with Gasteiger partial charge in [-0.3, -0.25) is 24.0 Å². The van der Waals surface area contributed by atoms with Gasteiger partial charge in [0.2, 0.25) is 0 Å². The lowest BCUT2D eigenvalue weighted by Gasteiger charge is -2.67. The molecule has 328 valence electrons. The Balaban J connectivity index is 1.39. The van der Waals surface area contributed by atoms with Gasteiger partial charge in [0.1, 0.15) is 23.9 Å². The number of Topliss-reactive ketones (excluding diaryl/α,β-unsaturated/α-hetero) is 1. The van der Waals surface area contributed by atoms with Crippen molar-refractivity contribution in [1.82, 2.24) is 5.32 Å². The fourth-order valence-electron chi connectivity index (χ4n) is 10.4. The summed E-state index contributed by atoms with van der Waals surface area (Å²) in [5.41, 5.74) is -6.21. The van der Waals surface area contributed by atoms with Crippen LogP contribution in [0.15, 0.2) is 102 Å². The van der Waals surface area contributed by atoms with E-state index < -0.39 is 112 Å². The van der Waals surface area contributed by atoms with E-state index in [2.05, 4.69) is 5.32 Å². The van der Waals surface area contributed by atoms with Crippen molar-refractivity contribution in [1.29, 1.82) is 0 Å². The third kappa shape index (κ3) is 7.31. The van der Waals surface area contributed by atoms with Crippen molar-refractivity contribution in [2.24, 2.45) is 22.7 Å². The molecular formula is C48H53NO13. The summed E-state index contributed by atoms with van der Waals surface area (Å²) in [6.07, 6.45) is -7.99. The van der Waals surface area contributed by atoms with Crippen LogP contribution in [0.25, 0.3) is 0 Å². The number of amides is 1. The Labute approximate surface area is 359 Å². The third-order valence-electron chi connectivity index (χ3n) is 13.8. The van der Waals surface area contributed by atoms with Gasteiger partial charge in [-0.15, -0.1) is 0 Å². The molecular weight excluding hydrogens is 799 g/mol. The number of carbonyl (C=O) groups excluding carboxylic acids is 6. The Kier molecular flexibility index (Phi) is 11.8. The molecule has 0 spiro atoms. The van der Waals surface area contributed by atoms with Crippen LogP contribution in [0.3, 0.4) is 0 Å². The van der Waals surface area contributed by atoms with Crippen LogP contribution in [-0.2, 0) is 42.9 Å². The first-order chi connectivity index (χ1) is 29.3. The largest absolute Gasteiger partial charge is 0.457 e. The van der Waals surface area contributed by atoms with Gasteiger partial charge in [-0.25, -0.2) is 4.79 Å². The van der Waals surface area contributed by atoms with Crippen LogP contribution in [0.4, 0.5) is 0 Å². The van der Waals surface area contributed by atoms with Crippen LogP contribution < -0.4 is 5.32 Å². The van der Waals surface area contributed by atoms with Crippen molar-refractivity contribution in [2.45, 2.75) is 109 Å². The Bertz CT molecular complexity index is 2280. The molecule has 1 saturated heterocycles. The molecule has 0 aromatic heterocycles. The monoisotopic (exact) mass is 851 g/mol. The number of esters is 4. The van der Waals surface area contributed by atoms with Crippen LogP contribution in [0.5, 0.6) is 0 Å². The Hall–Kier alpha value is -5.70. The maximum absolute atomic E-state index is 15.5. The van der Waals surface area contributed by atoms with Crippen molar-refractivity contribution >= 4 is 35.6 Å². The first-order valence-electron chi connectivity index (χ1n) is 20.8. The zero-order valence-corrected chi connectivity index (χ0v) is 35.8. The highest BCUT2D eigenvalue weighted by Crippen LogP contribution is 2.64. The summed E-state index contributed by atoms with van der Waals surface area (Å²) < 4.78 is 30.7. The van der Waals surface area contributed by atoms with Crippen LogP contribution in [-0.4, -0.2) is 94.1 Å². The van der Waals surface area contributed by atoms with Gasteiger partial charge in [0, 0.05) is 37.7 Å². The number of ether oxygens (including phenoxy) is 5. The van der Waals surface area contributed by atoms with Crippen LogP contribution in [0.1, 0.15) is 93.6 Å². The van der Waals surface area contributed by atoms with E-state index in [9.17, 15) is 34.2 Å². The first-order valence-corrected chi connectivity index (χ1v) is 20.8. The van der Waals surface area contributed by atoms with E-state index >= 15 is 4.79 Å². The molecule has 1 heterocycles. The quantitative estimate of drug-likeness (QED) is 0.140. The highest BCUT2D eigenvalue weighted by Gasteiger charge is 2.78. The lowest BCUT2D eigenvalue weighted by molar-refractivity contribution is -0.346. The summed E-state index contributed by atoms with van der Waals surface area (Å²) in [5.74, 6) is -7.07. The van der Waals surface area contributed by atoms with E-state index in [1.54, 1.807) is 107 Å². The molecule has 2 saturated carbocycles. The number of nitrogens with one attached hydrogen (secondary N) is 1. The number of fused-ring (bicyclic) bond motifs is 5. The van der Waals surface area contributed by atoms with Gasteiger partial charge >= 0.3 is 23.9 Å². The van der Waals surface area contributed by atoms with E-state index in [1.807, 2.05) is 0 Å². The number of ketones is 1. The van der Waals surface area contributed by atoms with E-state index in [1.165, 1.54) is 26.0 Å². The lowest BCUT2D eigenvalue weighted by Crippen LogP contribution is -2.82. The SMILES string of the molecule is CC(=O)O[C@H]1C(=O)[C@@]2(C)C([C@@H](OC(=O)c3ccccc3)[C@]3(O)C[C@H](OC(=O)[C@@H](C)[C@H](NC(=O)c4ccccc4)c4ccccc4)C(C)=C1C3(C)C)C1(OC(C)=O)CO[C@@H]1C[C@@H]2O. The fourth-order valence-corrected chi connectivity index (χ4v) is 10.4. The molecule has 14 heteroatoms. The predicted octanol–water partition coefficient (Wildman–Crippen LogP) is 5.01. The summed E-state index contributed by atoms with van der Waals surface area (Å²) >= 11 is 0. The molecule has 3 fully saturated rings. The summed E-state index contributed by atoms with van der Waals surface area (Å²) in [6.45, 7) is 9.87. The zero-order chi connectivity index (χ0) is 44.9. The Morgan fingerprint density at radius 2 is 1.40 bits per heavy atom. The smallest absolute Gasteiger partial charge is 0.338 e. The summed E-state index contributed by atoms with van der Waals surface area (Å²) in [7, 11) is 0. The molecule has 4 aliphatic rings. The fraction of sp³-hybridized carbons (Fsp3) is 0.458. The normalized spacial score (nSPS) is 31.9. The topological polar surface area (TPSA) is 201 Å². The molecule has 2 unspecified atom stereocenters. The Morgan fingerprint density at radius 1 is 0.823 bits per heavy atom. The van der Waals surface area contributed by atoms with Gasteiger partial charge in [-0.2, -0.15) is 0 Å². The van der Waals surface area contributed by atoms with Gasteiger partial charge in [0.25, 0.3) is 5.91 Å². The predicted molar refractivity (Wildman–Crippen MR) is 221 cm³/mol. The summed E-state index contributed by atoms with van der Waals surface area (Å²) in [4.78, 5) is 83.9. The molecule has 62 heavy (non-hydrogen) atoms. The van der Waals surface area contributed by atoms with Gasteiger partial charge in [-0.1, -0.05) is 80.6 Å². The van der Waals surface area contributed by atoms with Gasteiger partial charge < -0.3 is 39.2 Å². The molecule has 3 aromatic rings. The number of carbonyl (C=O) groups is 6. The van der Waals surface area contributed by atoms with E-state index in [4.69, 9.17) is 23.7 Å². The maximum atomic E-state index is 15.5. The minimum atomic E-state index is -2.31. The minimum Gasteiger partial charge on any atom is -0.457 e. The molecule has 11 atom stereocenters. The van der Waals surface area contributed by atoms with Crippen molar-refractivity contribution in [3.8, 4) is 0 Å². The number of benzene rings is 3. The molecule has 1 amide bonds. The van der Waals surface area contributed by atoms with E-state index in [0.29, 0.717) is 11.1 Å². The number of aliphatic hydroxyl groups is 2. The molecule has 1 aliphatic heterocycles.